The summed E-state index contributed by atoms with van der Waals surface area (Å²) in [6.07, 6.45) is 0. The van der Waals surface area contributed by atoms with Crippen LogP contribution in [-0.2, 0) is 10.8 Å². The van der Waals surface area contributed by atoms with Crippen molar-refractivity contribution in [3.8, 4) is 0 Å². The van der Waals surface area contributed by atoms with Gasteiger partial charge < -0.3 is 16.0 Å². The molecule has 98 valence electrons. The minimum Gasteiger partial charge on any atom is -0.399 e. The van der Waals surface area contributed by atoms with E-state index in [4.69, 9.17) is 5.73 Å². The van der Waals surface area contributed by atoms with Gasteiger partial charge in [-0.3, -0.25) is 4.21 Å². The summed E-state index contributed by atoms with van der Waals surface area (Å²) in [5.74, 6) is 0.442. The van der Waals surface area contributed by atoms with Gasteiger partial charge in [0.15, 0.2) is 0 Å². The van der Waals surface area contributed by atoms with Crippen molar-refractivity contribution < 1.29 is 9.00 Å². The summed E-state index contributed by atoms with van der Waals surface area (Å²) in [4.78, 5) is 13.8. The lowest BCUT2D eigenvalue weighted by Gasteiger charge is -2.14. The second kappa shape index (κ2) is 5.39. The number of nitrogen functional groups attached to an aromatic ring is 1. The highest BCUT2D eigenvalue weighted by Crippen LogP contribution is 2.17. The van der Waals surface area contributed by atoms with Crippen molar-refractivity contribution in [2.45, 2.75) is 11.8 Å². The Balaban J connectivity index is 1.99. The molecule has 18 heavy (non-hydrogen) atoms. The van der Waals surface area contributed by atoms with Gasteiger partial charge in [-0.05, 0) is 24.6 Å². The molecule has 1 unspecified atom stereocenters. The van der Waals surface area contributed by atoms with Crippen LogP contribution in [0.2, 0.25) is 0 Å². The highest BCUT2D eigenvalue weighted by atomic mass is 32.2. The summed E-state index contributed by atoms with van der Waals surface area (Å²) in [7, 11) is -1.12. The number of urea groups is 1. The molecular weight excluding hydrogens is 250 g/mol. The number of anilines is 1. The maximum absolute atomic E-state index is 12.2. The topological polar surface area (TPSA) is 75.4 Å². The van der Waals surface area contributed by atoms with Crippen LogP contribution in [0.3, 0.4) is 0 Å². The molecule has 1 aliphatic rings. The molecule has 0 spiro atoms. The number of nitrogens with zero attached hydrogens (tertiary/aromatic N) is 1. The average Bonchev–Trinajstić information content (AvgIpc) is 2.75. The Morgan fingerprint density at radius 2 is 2.28 bits per heavy atom. The molecule has 1 fully saturated rings. The molecule has 2 rings (SSSR count). The van der Waals surface area contributed by atoms with Crippen molar-refractivity contribution in [3.05, 3.63) is 23.8 Å². The van der Waals surface area contributed by atoms with Crippen LogP contribution in [0.1, 0.15) is 5.56 Å². The van der Waals surface area contributed by atoms with Gasteiger partial charge >= 0.3 is 6.03 Å². The van der Waals surface area contributed by atoms with E-state index in [1.807, 2.05) is 13.0 Å². The van der Waals surface area contributed by atoms with Gasteiger partial charge in [-0.1, -0.05) is 6.07 Å². The van der Waals surface area contributed by atoms with E-state index >= 15 is 0 Å². The lowest BCUT2D eigenvalue weighted by atomic mass is 10.2. The maximum atomic E-state index is 12.2. The molecule has 0 saturated carbocycles. The number of amides is 2. The maximum Gasteiger partial charge on any atom is 0.317 e. The molecule has 1 atom stereocenters. The normalized spacial score (nSPS) is 16.7. The quantitative estimate of drug-likeness (QED) is 0.789. The predicted octanol–water partition coefficient (Wildman–Crippen LogP) is 0.710. The minimum atomic E-state index is -1.12. The monoisotopic (exact) mass is 267 g/mol. The molecule has 5 nitrogen and oxygen atoms in total. The third kappa shape index (κ3) is 2.81. The highest BCUT2D eigenvalue weighted by molar-refractivity contribution is 7.85. The number of rotatable bonds is 4. The zero-order chi connectivity index (χ0) is 13.1. The molecule has 1 aromatic rings. The molecular formula is C12H17N3O2S. The van der Waals surface area contributed by atoms with Crippen molar-refractivity contribution in [1.29, 1.82) is 0 Å². The third-order valence-electron chi connectivity index (χ3n) is 2.95. The Morgan fingerprint density at radius 3 is 2.94 bits per heavy atom. The smallest absolute Gasteiger partial charge is 0.317 e. The molecule has 0 radical (unpaired) electrons. The first-order valence-electron chi connectivity index (χ1n) is 5.85. The van der Waals surface area contributed by atoms with Crippen LogP contribution < -0.4 is 11.1 Å². The first-order chi connectivity index (χ1) is 8.58. The lowest BCUT2D eigenvalue weighted by molar-refractivity contribution is 0.220. The fourth-order valence-corrected chi connectivity index (χ4v) is 3.19. The molecule has 1 saturated heterocycles. The number of carbonyl (C=O) groups is 1. The van der Waals surface area contributed by atoms with Crippen molar-refractivity contribution in [2.75, 3.05) is 31.1 Å². The Bertz CT molecular complexity index is 490. The van der Waals surface area contributed by atoms with E-state index in [2.05, 4.69) is 5.32 Å². The first kappa shape index (κ1) is 12.9. The molecule has 1 aliphatic heterocycles. The number of aryl methyl sites for hydroxylation is 1. The van der Waals surface area contributed by atoms with E-state index in [1.165, 1.54) is 0 Å². The number of benzene rings is 1. The SMILES string of the molecule is Cc1ccc(N)cc1S(=O)CCN1CCNC1=O. The van der Waals surface area contributed by atoms with Crippen LogP contribution >= 0.6 is 0 Å². The van der Waals surface area contributed by atoms with Gasteiger partial charge in [0.25, 0.3) is 0 Å². The van der Waals surface area contributed by atoms with Crippen molar-refractivity contribution >= 4 is 22.5 Å². The van der Waals surface area contributed by atoms with Crippen molar-refractivity contribution in [1.82, 2.24) is 10.2 Å². The minimum absolute atomic E-state index is 0.0729. The second-order valence-electron chi connectivity index (χ2n) is 4.29. The summed E-state index contributed by atoms with van der Waals surface area (Å²) in [5, 5.41) is 2.72. The Morgan fingerprint density at radius 1 is 1.50 bits per heavy atom. The largest absolute Gasteiger partial charge is 0.399 e. The van der Waals surface area contributed by atoms with E-state index in [0.717, 1.165) is 10.5 Å². The van der Waals surface area contributed by atoms with E-state index < -0.39 is 10.8 Å². The molecule has 0 aromatic heterocycles. The fraction of sp³-hybridized carbons (Fsp3) is 0.417. The van der Waals surface area contributed by atoms with Gasteiger partial charge in [-0.25, -0.2) is 4.79 Å². The molecule has 0 bridgehead atoms. The van der Waals surface area contributed by atoms with Crippen LogP contribution in [0.15, 0.2) is 23.1 Å². The highest BCUT2D eigenvalue weighted by Gasteiger charge is 2.20. The van der Waals surface area contributed by atoms with E-state index in [9.17, 15) is 9.00 Å². The van der Waals surface area contributed by atoms with Gasteiger partial charge in [0.2, 0.25) is 0 Å². The molecule has 6 heteroatoms. The summed E-state index contributed by atoms with van der Waals surface area (Å²) in [6.45, 7) is 3.77. The Hall–Kier alpha value is -1.56. The second-order valence-corrected chi connectivity index (χ2v) is 5.83. The van der Waals surface area contributed by atoms with Crippen LogP contribution in [0.4, 0.5) is 10.5 Å². The number of hydrogen-bond acceptors (Lipinski definition) is 3. The fourth-order valence-electron chi connectivity index (χ4n) is 1.89. The number of hydrogen-bond donors (Lipinski definition) is 2. The van der Waals surface area contributed by atoms with Crippen molar-refractivity contribution in [2.24, 2.45) is 0 Å². The summed E-state index contributed by atoms with van der Waals surface area (Å²) in [5.41, 5.74) is 7.28. The molecule has 2 amide bonds. The van der Waals surface area contributed by atoms with E-state index in [0.29, 0.717) is 31.1 Å². The van der Waals surface area contributed by atoms with Crippen LogP contribution in [0.25, 0.3) is 0 Å². The van der Waals surface area contributed by atoms with Gasteiger partial charge in [0.1, 0.15) is 0 Å². The molecule has 3 N–H and O–H groups in total. The van der Waals surface area contributed by atoms with Gasteiger partial charge in [-0.2, -0.15) is 0 Å². The van der Waals surface area contributed by atoms with Crippen LogP contribution in [0, 0.1) is 6.92 Å². The predicted molar refractivity (Wildman–Crippen MR) is 71.8 cm³/mol. The van der Waals surface area contributed by atoms with Gasteiger partial charge in [-0.15, -0.1) is 0 Å². The standard InChI is InChI=1S/C12H17N3O2S/c1-9-2-3-10(13)8-11(9)18(17)7-6-15-5-4-14-12(15)16/h2-3,8H,4-7,13H2,1H3,(H,14,16). The zero-order valence-corrected chi connectivity index (χ0v) is 11.1. The molecule has 0 aliphatic carbocycles. The number of nitrogens with one attached hydrogen (secondary N) is 1. The molecule has 1 heterocycles. The van der Waals surface area contributed by atoms with Gasteiger partial charge in [0.05, 0.1) is 10.8 Å². The zero-order valence-electron chi connectivity index (χ0n) is 10.3. The Kier molecular flexibility index (Phi) is 3.86. The number of nitrogens with two attached hydrogens (primary N) is 1. The third-order valence-corrected chi connectivity index (χ3v) is 4.43. The van der Waals surface area contributed by atoms with Crippen LogP contribution in [0.5, 0.6) is 0 Å². The van der Waals surface area contributed by atoms with Gasteiger partial charge in [0, 0.05) is 36.0 Å². The van der Waals surface area contributed by atoms with Crippen molar-refractivity contribution in [3.63, 3.8) is 0 Å². The summed E-state index contributed by atoms with van der Waals surface area (Å²) in [6, 6.07) is 5.33. The summed E-state index contributed by atoms with van der Waals surface area (Å²) < 4.78 is 12.2. The van der Waals surface area contributed by atoms with E-state index in [-0.39, 0.29) is 6.03 Å². The van der Waals surface area contributed by atoms with Crippen LogP contribution in [-0.4, -0.2) is 40.5 Å². The Labute approximate surface area is 109 Å². The van der Waals surface area contributed by atoms with E-state index in [1.54, 1.807) is 17.0 Å². The lowest BCUT2D eigenvalue weighted by Crippen LogP contribution is -2.31. The molecule has 1 aromatic carbocycles. The first-order valence-corrected chi connectivity index (χ1v) is 7.17. The summed E-state index contributed by atoms with van der Waals surface area (Å²) >= 11 is 0. The number of carbonyl (C=O) groups excluding carboxylic acids is 1. The average molecular weight is 267 g/mol.